The average Bonchev–Trinajstić information content (AvgIpc) is 2.62. The molecule has 2 N–H and O–H groups in total. The van der Waals surface area contributed by atoms with Gasteiger partial charge in [0.25, 0.3) is 0 Å². The highest BCUT2D eigenvalue weighted by Gasteiger charge is 2.14. The van der Waals surface area contributed by atoms with Gasteiger partial charge in [-0.15, -0.1) is 0 Å². The molecule has 23 heavy (non-hydrogen) atoms. The maximum absolute atomic E-state index is 11.4. The topological polar surface area (TPSA) is 64.7 Å². The van der Waals surface area contributed by atoms with Crippen LogP contribution in [0.15, 0.2) is 59.6 Å². The molecule has 0 aliphatic heterocycles. The molecule has 0 aliphatic carbocycles. The minimum absolute atomic E-state index is 0.115. The van der Waals surface area contributed by atoms with Crippen LogP contribution < -0.4 is 5.73 Å². The van der Waals surface area contributed by atoms with E-state index in [-0.39, 0.29) is 6.54 Å². The lowest BCUT2D eigenvalue weighted by atomic mass is 10.1. The second-order valence-corrected chi connectivity index (χ2v) is 4.79. The molecular weight excluding hydrogens is 288 g/mol. The Morgan fingerprint density at radius 1 is 1.13 bits per heavy atom. The van der Waals surface area contributed by atoms with Gasteiger partial charge in [-0.2, -0.15) is 0 Å². The van der Waals surface area contributed by atoms with Crippen molar-refractivity contribution < 1.29 is 9.53 Å². The number of carbonyl (C=O) groups excluding carboxylic acids is 1. The number of hydrogen-bond donors (Lipinski definition) is 1. The zero-order chi connectivity index (χ0) is 16.5. The van der Waals surface area contributed by atoms with Crippen molar-refractivity contribution in [1.82, 2.24) is 0 Å². The Hall–Kier alpha value is -2.90. The maximum Gasteiger partial charge on any atom is 0.331 e. The van der Waals surface area contributed by atoms with Crippen molar-refractivity contribution in [2.45, 2.75) is 6.04 Å². The molecule has 0 unspecified atom stereocenters. The van der Waals surface area contributed by atoms with E-state index >= 15 is 0 Å². The molecule has 2 rings (SSSR count). The number of nitrogens with zero attached hydrogens (tertiary/aromatic N) is 1. The average molecular weight is 306 g/mol. The lowest BCUT2D eigenvalue weighted by molar-refractivity contribution is -0.141. The first-order chi connectivity index (χ1) is 11.2. The number of aliphatic imine (C=N–C) groups is 1. The van der Waals surface area contributed by atoms with E-state index in [0.717, 1.165) is 16.7 Å². The van der Waals surface area contributed by atoms with Gasteiger partial charge in [0.2, 0.25) is 0 Å². The van der Waals surface area contributed by atoms with Gasteiger partial charge < -0.3 is 10.5 Å². The minimum atomic E-state index is -0.669. The van der Waals surface area contributed by atoms with Crippen molar-refractivity contribution in [3.05, 3.63) is 71.3 Å². The molecule has 4 nitrogen and oxygen atoms in total. The van der Waals surface area contributed by atoms with E-state index in [0.29, 0.717) is 0 Å². The van der Waals surface area contributed by atoms with Crippen LogP contribution in [0.2, 0.25) is 0 Å². The van der Waals surface area contributed by atoms with Gasteiger partial charge in [0.15, 0.2) is 6.04 Å². The molecule has 0 bridgehead atoms. The Labute approximate surface area is 136 Å². The highest BCUT2D eigenvalue weighted by molar-refractivity contribution is 5.84. The van der Waals surface area contributed by atoms with Gasteiger partial charge in [0.05, 0.1) is 7.11 Å². The third-order valence-electron chi connectivity index (χ3n) is 3.14. The van der Waals surface area contributed by atoms with Gasteiger partial charge in [-0.3, -0.25) is 4.99 Å². The fourth-order valence-corrected chi connectivity index (χ4v) is 1.85. The highest BCUT2D eigenvalue weighted by Crippen LogP contribution is 2.03. The summed E-state index contributed by atoms with van der Waals surface area (Å²) >= 11 is 0. The van der Waals surface area contributed by atoms with Crippen molar-refractivity contribution in [2.24, 2.45) is 10.7 Å². The van der Waals surface area contributed by atoms with E-state index in [1.165, 1.54) is 7.11 Å². The number of carbonyl (C=O) groups is 1. The summed E-state index contributed by atoms with van der Waals surface area (Å²) in [5.41, 5.74) is 8.26. The van der Waals surface area contributed by atoms with Crippen LogP contribution in [0.25, 0.3) is 0 Å². The smallest absolute Gasteiger partial charge is 0.331 e. The van der Waals surface area contributed by atoms with Crippen LogP contribution >= 0.6 is 0 Å². The Kier molecular flexibility index (Phi) is 6.10. The van der Waals surface area contributed by atoms with Crippen molar-refractivity contribution in [3.8, 4) is 11.8 Å². The summed E-state index contributed by atoms with van der Waals surface area (Å²) in [5, 5.41) is 0. The first-order valence-corrected chi connectivity index (χ1v) is 7.21. The number of ether oxygens (including phenoxy) is 1. The van der Waals surface area contributed by atoms with E-state index in [4.69, 9.17) is 5.73 Å². The summed E-state index contributed by atoms with van der Waals surface area (Å²) < 4.78 is 4.63. The van der Waals surface area contributed by atoms with Crippen molar-refractivity contribution in [2.75, 3.05) is 13.7 Å². The molecule has 0 heterocycles. The largest absolute Gasteiger partial charge is 0.467 e. The lowest BCUT2D eigenvalue weighted by Gasteiger charge is -2.06. The molecule has 0 fully saturated rings. The second kappa shape index (κ2) is 8.52. The number of methoxy groups -OCH3 is 1. The SMILES string of the molecule is COC(=O)[C@H](CN)N=Cc1ccc(C#Cc2ccccc2)cc1. The van der Waals surface area contributed by atoms with E-state index in [1.54, 1.807) is 6.21 Å². The first-order valence-electron chi connectivity index (χ1n) is 7.21. The van der Waals surface area contributed by atoms with Crippen LogP contribution in [0.3, 0.4) is 0 Å². The van der Waals surface area contributed by atoms with Gasteiger partial charge >= 0.3 is 5.97 Å². The van der Waals surface area contributed by atoms with Crippen molar-refractivity contribution >= 4 is 12.2 Å². The Bertz CT molecular complexity index is 725. The van der Waals surface area contributed by atoms with Crippen molar-refractivity contribution in [3.63, 3.8) is 0 Å². The molecule has 116 valence electrons. The fraction of sp³-hybridized carbons (Fsp3) is 0.158. The number of rotatable bonds is 4. The zero-order valence-corrected chi connectivity index (χ0v) is 12.9. The number of esters is 1. The Balaban J connectivity index is 2.05. The molecule has 2 aromatic rings. The third kappa shape index (κ3) is 5.10. The van der Waals surface area contributed by atoms with E-state index in [2.05, 4.69) is 21.6 Å². The summed E-state index contributed by atoms with van der Waals surface area (Å²) in [6, 6.07) is 16.7. The molecule has 0 aromatic heterocycles. The Morgan fingerprint density at radius 3 is 2.30 bits per heavy atom. The first kappa shape index (κ1) is 16.5. The summed E-state index contributed by atoms with van der Waals surface area (Å²) in [6.07, 6.45) is 1.61. The summed E-state index contributed by atoms with van der Waals surface area (Å²) in [6.45, 7) is 0.115. The quantitative estimate of drug-likeness (QED) is 0.534. The van der Waals surface area contributed by atoms with E-state index < -0.39 is 12.0 Å². The molecule has 1 atom stereocenters. The van der Waals surface area contributed by atoms with Crippen molar-refractivity contribution in [1.29, 1.82) is 0 Å². The predicted molar refractivity (Wildman–Crippen MR) is 91.3 cm³/mol. The normalized spacial score (nSPS) is 11.6. The van der Waals surface area contributed by atoms with Crippen LogP contribution in [-0.2, 0) is 9.53 Å². The standard InChI is InChI=1S/C19H18N2O2/c1-23-19(22)18(13-20)21-14-17-11-9-16(10-12-17)8-7-15-5-3-2-4-6-15/h2-6,9-12,14,18H,13,20H2,1H3/t18-/m0/s1. The lowest BCUT2D eigenvalue weighted by Crippen LogP contribution is -2.28. The predicted octanol–water partition coefficient (Wildman–Crippen LogP) is 2.01. The third-order valence-corrected chi connectivity index (χ3v) is 3.14. The molecule has 0 saturated carbocycles. The number of hydrogen-bond acceptors (Lipinski definition) is 4. The summed E-state index contributed by atoms with van der Waals surface area (Å²) in [5.74, 6) is 5.77. The van der Waals surface area contributed by atoms with Crippen LogP contribution in [0, 0.1) is 11.8 Å². The van der Waals surface area contributed by atoms with Crippen LogP contribution in [0.1, 0.15) is 16.7 Å². The Morgan fingerprint density at radius 2 is 1.74 bits per heavy atom. The zero-order valence-electron chi connectivity index (χ0n) is 12.9. The van der Waals surface area contributed by atoms with E-state index in [1.807, 2.05) is 54.6 Å². The molecule has 0 aliphatic rings. The van der Waals surface area contributed by atoms with Gasteiger partial charge in [-0.25, -0.2) is 4.79 Å². The van der Waals surface area contributed by atoms with E-state index in [9.17, 15) is 4.79 Å². The number of nitrogens with two attached hydrogens (primary N) is 1. The molecular formula is C19H18N2O2. The van der Waals surface area contributed by atoms with Crippen LogP contribution in [0.5, 0.6) is 0 Å². The monoisotopic (exact) mass is 306 g/mol. The molecule has 0 saturated heterocycles. The van der Waals surface area contributed by atoms with Gasteiger partial charge in [-0.1, -0.05) is 42.2 Å². The van der Waals surface area contributed by atoms with Gasteiger partial charge in [0, 0.05) is 23.9 Å². The molecule has 4 heteroatoms. The molecule has 0 radical (unpaired) electrons. The van der Waals surface area contributed by atoms with Crippen LogP contribution in [-0.4, -0.2) is 31.9 Å². The van der Waals surface area contributed by atoms with Gasteiger partial charge in [0.1, 0.15) is 0 Å². The maximum atomic E-state index is 11.4. The minimum Gasteiger partial charge on any atom is -0.467 e. The molecule has 0 spiro atoms. The molecule has 2 aromatic carbocycles. The molecule has 0 amide bonds. The number of benzene rings is 2. The van der Waals surface area contributed by atoms with Crippen LogP contribution in [0.4, 0.5) is 0 Å². The fourth-order valence-electron chi connectivity index (χ4n) is 1.85. The second-order valence-electron chi connectivity index (χ2n) is 4.79. The highest BCUT2D eigenvalue weighted by atomic mass is 16.5. The summed E-state index contributed by atoms with van der Waals surface area (Å²) in [4.78, 5) is 15.5. The summed E-state index contributed by atoms with van der Waals surface area (Å²) in [7, 11) is 1.32. The van der Waals surface area contributed by atoms with Gasteiger partial charge in [-0.05, 0) is 29.8 Å².